The van der Waals surface area contributed by atoms with Crippen molar-refractivity contribution in [1.29, 1.82) is 0 Å². The first-order valence-corrected chi connectivity index (χ1v) is 7.13. The maximum absolute atomic E-state index is 11.9. The van der Waals surface area contributed by atoms with Crippen LogP contribution in [0, 0.1) is 6.92 Å². The van der Waals surface area contributed by atoms with Gasteiger partial charge in [0, 0.05) is 38.8 Å². The van der Waals surface area contributed by atoms with E-state index in [9.17, 15) is 9.59 Å². The third kappa shape index (κ3) is 3.45. The van der Waals surface area contributed by atoms with Crippen molar-refractivity contribution in [3.63, 3.8) is 0 Å². The average molecular weight is 294 g/mol. The minimum atomic E-state index is -0.285. The van der Waals surface area contributed by atoms with E-state index in [0.29, 0.717) is 32.0 Å². The molecule has 0 atom stereocenters. The van der Waals surface area contributed by atoms with Crippen LogP contribution in [0.1, 0.15) is 18.2 Å². The summed E-state index contributed by atoms with van der Waals surface area (Å²) in [6.07, 6.45) is 0.809. The Balaban J connectivity index is 1.83. The Kier molecular flexibility index (Phi) is 4.66. The van der Waals surface area contributed by atoms with Gasteiger partial charge in [0.15, 0.2) is 0 Å². The van der Waals surface area contributed by atoms with Crippen LogP contribution in [0.25, 0.3) is 0 Å². The maximum atomic E-state index is 11.9. The lowest BCUT2D eigenvalue weighted by Gasteiger charge is -2.15. The number of urea groups is 2. The maximum Gasteiger partial charge on any atom is 0.320 e. The van der Waals surface area contributed by atoms with Gasteiger partial charge in [-0.25, -0.2) is 9.59 Å². The van der Waals surface area contributed by atoms with Crippen LogP contribution < -0.4 is 16.0 Å². The number of rotatable bonds is 5. The molecule has 3 N–H and O–H groups in total. The monoisotopic (exact) mass is 294 g/mol. The number of aryl methyl sites for hydroxylation is 2. The molecule has 0 saturated carbocycles. The van der Waals surface area contributed by atoms with Crippen LogP contribution in [-0.4, -0.2) is 52.9 Å². The molecule has 116 valence electrons. The summed E-state index contributed by atoms with van der Waals surface area (Å²) in [6, 6.07) is -0.361. The summed E-state index contributed by atoms with van der Waals surface area (Å²) < 4.78 is 1.67. The highest BCUT2D eigenvalue weighted by molar-refractivity contribution is 5.89. The lowest BCUT2D eigenvalue weighted by Crippen LogP contribution is -2.38. The number of hydrogen-bond donors (Lipinski definition) is 3. The Hall–Kier alpha value is -2.25. The van der Waals surface area contributed by atoms with E-state index in [1.165, 1.54) is 0 Å². The quantitative estimate of drug-likeness (QED) is 0.736. The van der Waals surface area contributed by atoms with Crippen molar-refractivity contribution in [1.82, 2.24) is 25.3 Å². The Morgan fingerprint density at radius 1 is 1.48 bits per heavy atom. The lowest BCUT2D eigenvalue weighted by molar-refractivity contribution is 0.216. The van der Waals surface area contributed by atoms with E-state index in [1.807, 2.05) is 13.8 Å². The molecule has 1 aromatic rings. The average Bonchev–Trinajstić information content (AvgIpc) is 2.94. The van der Waals surface area contributed by atoms with Crippen LogP contribution in [0.2, 0.25) is 0 Å². The summed E-state index contributed by atoms with van der Waals surface area (Å²) in [5.41, 5.74) is 1.95. The molecule has 1 fully saturated rings. The lowest BCUT2D eigenvalue weighted by atomic mass is 10.2. The highest BCUT2D eigenvalue weighted by Crippen LogP contribution is 2.18. The van der Waals surface area contributed by atoms with Crippen molar-refractivity contribution >= 4 is 17.9 Å². The summed E-state index contributed by atoms with van der Waals surface area (Å²) in [5.74, 6) is 0.714. The summed E-state index contributed by atoms with van der Waals surface area (Å²) in [4.78, 5) is 24.9. The standard InChI is InChI=1S/C13H22N6O2/c1-4-10-9(2)17-18(3)11(10)16-12(20)14-5-7-19-8-6-15-13(19)21/h4-8H2,1-3H3,(H,15,21)(H2,14,16,20). The minimum Gasteiger partial charge on any atom is -0.336 e. The fraction of sp³-hybridized carbons (Fsp3) is 0.615. The zero-order chi connectivity index (χ0) is 15.4. The molecule has 8 heteroatoms. The fourth-order valence-electron chi connectivity index (χ4n) is 2.46. The van der Waals surface area contributed by atoms with Crippen LogP contribution in [-0.2, 0) is 13.5 Å². The zero-order valence-corrected chi connectivity index (χ0v) is 12.7. The molecule has 1 aromatic heterocycles. The molecule has 4 amide bonds. The van der Waals surface area contributed by atoms with E-state index in [2.05, 4.69) is 21.0 Å². The number of carbonyl (C=O) groups excluding carboxylic acids is 2. The first-order chi connectivity index (χ1) is 10.0. The molecule has 2 rings (SSSR count). The molecule has 8 nitrogen and oxygen atoms in total. The van der Waals surface area contributed by atoms with Gasteiger partial charge in [-0.2, -0.15) is 5.10 Å². The molecule has 1 aliphatic rings. The van der Waals surface area contributed by atoms with Gasteiger partial charge in [-0.1, -0.05) is 6.92 Å². The van der Waals surface area contributed by atoms with Crippen LogP contribution in [0.3, 0.4) is 0 Å². The summed E-state index contributed by atoms with van der Waals surface area (Å²) in [6.45, 7) is 6.22. The van der Waals surface area contributed by atoms with Gasteiger partial charge >= 0.3 is 12.1 Å². The predicted octanol–water partition coefficient (Wildman–Crippen LogP) is 0.438. The first-order valence-electron chi connectivity index (χ1n) is 7.13. The normalized spacial score (nSPS) is 14.2. The van der Waals surface area contributed by atoms with Crippen molar-refractivity contribution < 1.29 is 9.59 Å². The van der Waals surface area contributed by atoms with E-state index in [0.717, 1.165) is 17.7 Å². The second-order valence-electron chi connectivity index (χ2n) is 4.99. The van der Waals surface area contributed by atoms with Gasteiger partial charge in [0.05, 0.1) is 5.69 Å². The van der Waals surface area contributed by atoms with Gasteiger partial charge < -0.3 is 15.5 Å². The zero-order valence-electron chi connectivity index (χ0n) is 12.7. The molecule has 0 radical (unpaired) electrons. The largest absolute Gasteiger partial charge is 0.336 e. The van der Waals surface area contributed by atoms with Gasteiger partial charge in [0.25, 0.3) is 0 Å². The summed E-state index contributed by atoms with van der Waals surface area (Å²) in [5, 5.41) is 12.6. The Morgan fingerprint density at radius 2 is 2.24 bits per heavy atom. The molecule has 1 aliphatic heterocycles. The predicted molar refractivity (Wildman–Crippen MR) is 79.3 cm³/mol. The van der Waals surface area contributed by atoms with Crippen LogP contribution in [0.15, 0.2) is 0 Å². The van der Waals surface area contributed by atoms with Crippen LogP contribution in [0.4, 0.5) is 15.4 Å². The molecule has 2 heterocycles. The van der Waals surface area contributed by atoms with E-state index in [-0.39, 0.29) is 12.1 Å². The number of hydrogen-bond acceptors (Lipinski definition) is 3. The van der Waals surface area contributed by atoms with Gasteiger partial charge in [0.1, 0.15) is 5.82 Å². The van der Waals surface area contributed by atoms with Crippen LogP contribution >= 0.6 is 0 Å². The molecule has 0 spiro atoms. The molecule has 0 aliphatic carbocycles. The van der Waals surface area contributed by atoms with E-state index in [1.54, 1.807) is 16.6 Å². The van der Waals surface area contributed by atoms with Crippen molar-refractivity contribution in [3.05, 3.63) is 11.3 Å². The number of nitrogens with one attached hydrogen (secondary N) is 3. The van der Waals surface area contributed by atoms with E-state index < -0.39 is 0 Å². The van der Waals surface area contributed by atoms with Crippen molar-refractivity contribution in [2.24, 2.45) is 7.05 Å². The molecule has 0 aromatic carbocycles. The second-order valence-corrected chi connectivity index (χ2v) is 4.99. The number of carbonyl (C=O) groups is 2. The molecular formula is C13H22N6O2. The van der Waals surface area contributed by atoms with Gasteiger partial charge in [-0.15, -0.1) is 0 Å². The highest BCUT2D eigenvalue weighted by Gasteiger charge is 2.19. The Bertz CT molecular complexity index is 539. The third-order valence-electron chi connectivity index (χ3n) is 3.54. The van der Waals surface area contributed by atoms with Crippen molar-refractivity contribution in [3.8, 4) is 0 Å². The fourth-order valence-corrected chi connectivity index (χ4v) is 2.46. The number of aromatic nitrogens is 2. The van der Waals surface area contributed by atoms with Crippen LogP contribution in [0.5, 0.6) is 0 Å². The number of nitrogens with zero attached hydrogens (tertiary/aromatic N) is 3. The number of anilines is 1. The molecule has 21 heavy (non-hydrogen) atoms. The SMILES string of the molecule is CCc1c(C)nn(C)c1NC(=O)NCCN1CCNC1=O. The number of amides is 4. The van der Waals surface area contributed by atoms with Crippen molar-refractivity contribution in [2.45, 2.75) is 20.3 Å². The van der Waals surface area contributed by atoms with Gasteiger partial charge in [-0.05, 0) is 13.3 Å². The molecule has 0 bridgehead atoms. The molecular weight excluding hydrogens is 272 g/mol. The van der Waals surface area contributed by atoms with E-state index >= 15 is 0 Å². The first kappa shape index (κ1) is 15.1. The highest BCUT2D eigenvalue weighted by atomic mass is 16.2. The topological polar surface area (TPSA) is 91.3 Å². The minimum absolute atomic E-state index is 0.0762. The summed E-state index contributed by atoms with van der Waals surface area (Å²) >= 11 is 0. The van der Waals surface area contributed by atoms with Gasteiger partial charge in [-0.3, -0.25) is 10.00 Å². The summed E-state index contributed by atoms with van der Waals surface area (Å²) in [7, 11) is 1.80. The smallest absolute Gasteiger partial charge is 0.320 e. The third-order valence-corrected chi connectivity index (χ3v) is 3.54. The second kappa shape index (κ2) is 6.47. The molecule has 0 unspecified atom stereocenters. The van der Waals surface area contributed by atoms with E-state index in [4.69, 9.17) is 0 Å². The molecule has 1 saturated heterocycles. The van der Waals surface area contributed by atoms with Gasteiger partial charge in [0.2, 0.25) is 0 Å². The Labute approximate surface area is 123 Å². The van der Waals surface area contributed by atoms with Crippen molar-refractivity contribution in [2.75, 3.05) is 31.5 Å². The Morgan fingerprint density at radius 3 is 2.86 bits per heavy atom.